The van der Waals surface area contributed by atoms with Crippen molar-refractivity contribution in [3.8, 4) is 0 Å². The number of hydrogen-bond acceptors (Lipinski definition) is 3. The molecule has 2 unspecified atom stereocenters. The largest absolute Gasteiger partial charge is 0.355 e. The number of piperidine rings is 1. The molecule has 2 fully saturated rings. The number of fused-ring (bicyclic) bond motifs is 1. The smallest absolute Gasteiger partial charge is 0.317 e. The Bertz CT molecular complexity index is 455. The molecule has 0 bridgehead atoms. The topological polar surface area (TPSA) is 81.8 Å². The third-order valence-corrected chi connectivity index (χ3v) is 4.82. The predicted molar refractivity (Wildman–Crippen MR) is 86.7 cm³/mol. The summed E-state index contributed by atoms with van der Waals surface area (Å²) in [7, 11) is 0. The molecule has 0 saturated carbocycles. The van der Waals surface area contributed by atoms with Crippen LogP contribution in [0, 0.1) is 11.8 Å². The van der Waals surface area contributed by atoms with Crippen LogP contribution in [0.25, 0.3) is 0 Å². The Kier molecular flexibility index (Phi) is 6.24. The minimum absolute atomic E-state index is 0.00374. The van der Waals surface area contributed by atoms with Gasteiger partial charge in [-0.1, -0.05) is 0 Å². The summed E-state index contributed by atoms with van der Waals surface area (Å²) in [5.41, 5.74) is 0. The molecular formula is C16H28N4O3. The highest BCUT2D eigenvalue weighted by Crippen LogP contribution is 2.32. The van der Waals surface area contributed by atoms with Crippen LogP contribution in [0.3, 0.4) is 0 Å². The van der Waals surface area contributed by atoms with Crippen molar-refractivity contribution in [2.24, 2.45) is 11.8 Å². The fraction of sp³-hybridized carbons (Fsp3) is 0.812. The third kappa shape index (κ3) is 4.84. The van der Waals surface area contributed by atoms with E-state index in [1.165, 1.54) is 6.92 Å². The molecule has 0 aromatic carbocycles. The zero-order valence-corrected chi connectivity index (χ0v) is 14.1. The van der Waals surface area contributed by atoms with Gasteiger partial charge in [-0.2, -0.15) is 0 Å². The Morgan fingerprint density at radius 1 is 1.17 bits per heavy atom. The summed E-state index contributed by atoms with van der Waals surface area (Å²) in [5.74, 6) is 0.868. The van der Waals surface area contributed by atoms with Crippen LogP contribution in [0.2, 0.25) is 0 Å². The molecule has 23 heavy (non-hydrogen) atoms. The van der Waals surface area contributed by atoms with Gasteiger partial charge in [0.2, 0.25) is 11.8 Å². The van der Waals surface area contributed by atoms with Crippen molar-refractivity contribution in [1.29, 1.82) is 0 Å². The average molecular weight is 324 g/mol. The lowest BCUT2D eigenvalue weighted by atomic mass is 9.82. The van der Waals surface area contributed by atoms with Crippen molar-refractivity contribution < 1.29 is 14.4 Å². The van der Waals surface area contributed by atoms with Crippen LogP contribution >= 0.6 is 0 Å². The van der Waals surface area contributed by atoms with Gasteiger partial charge in [0.25, 0.3) is 0 Å². The molecule has 2 aliphatic heterocycles. The molecule has 0 aromatic rings. The first-order chi connectivity index (χ1) is 11.0. The fourth-order valence-electron chi connectivity index (χ4n) is 3.53. The molecule has 130 valence electrons. The number of likely N-dealkylation sites (tertiary alicyclic amines) is 2. The Hall–Kier alpha value is -1.79. The lowest BCUT2D eigenvalue weighted by Gasteiger charge is -2.37. The molecule has 2 heterocycles. The Labute approximate surface area is 137 Å². The van der Waals surface area contributed by atoms with Gasteiger partial charge in [0.1, 0.15) is 0 Å². The van der Waals surface area contributed by atoms with Gasteiger partial charge in [0, 0.05) is 52.6 Å². The summed E-state index contributed by atoms with van der Waals surface area (Å²) in [6.45, 7) is 7.28. The molecule has 4 amide bonds. The van der Waals surface area contributed by atoms with Crippen molar-refractivity contribution >= 4 is 17.8 Å². The van der Waals surface area contributed by atoms with Crippen LogP contribution in [-0.4, -0.2) is 66.9 Å². The second kappa shape index (κ2) is 8.17. The fourth-order valence-corrected chi connectivity index (χ4v) is 3.53. The third-order valence-electron chi connectivity index (χ3n) is 4.82. The maximum Gasteiger partial charge on any atom is 0.317 e. The van der Waals surface area contributed by atoms with E-state index in [1.807, 2.05) is 16.7 Å². The van der Waals surface area contributed by atoms with E-state index in [9.17, 15) is 14.4 Å². The second-order valence-electron chi connectivity index (χ2n) is 6.45. The molecule has 0 aromatic heterocycles. The van der Waals surface area contributed by atoms with Crippen molar-refractivity contribution in [1.82, 2.24) is 20.4 Å². The summed E-state index contributed by atoms with van der Waals surface area (Å²) in [6.07, 6.45) is 2.38. The Morgan fingerprint density at radius 3 is 2.61 bits per heavy atom. The van der Waals surface area contributed by atoms with Crippen LogP contribution in [0.15, 0.2) is 0 Å². The monoisotopic (exact) mass is 324 g/mol. The van der Waals surface area contributed by atoms with E-state index in [-0.39, 0.29) is 17.8 Å². The van der Waals surface area contributed by atoms with Crippen molar-refractivity contribution in [3.63, 3.8) is 0 Å². The number of amides is 4. The molecule has 2 atom stereocenters. The van der Waals surface area contributed by atoms with E-state index in [2.05, 4.69) is 10.6 Å². The summed E-state index contributed by atoms with van der Waals surface area (Å²) < 4.78 is 0. The van der Waals surface area contributed by atoms with Crippen molar-refractivity contribution in [2.75, 3.05) is 39.3 Å². The lowest BCUT2D eigenvalue weighted by Crippen LogP contribution is -2.48. The van der Waals surface area contributed by atoms with Gasteiger partial charge < -0.3 is 20.4 Å². The summed E-state index contributed by atoms with van der Waals surface area (Å²) >= 11 is 0. The number of urea groups is 1. The van der Waals surface area contributed by atoms with Crippen LogP contribution in [0.1, 0.15) is 33.1 Å². The van der Waals surface area contributed by atoms with Crippen LogP contribution in [0.4, 0.5) is 4.79 Å². The van der Waals surface area contributed by atoms with E-state index >= 15 is 0 Å². The highest BCUT2D eigenvalue weighted by Gasteiger charge is 2.36. The molecule has 2 saturated heterocycles. The van der Waals surface area contributed by atoms with E-state index in [0.717, 1.165) is 25.9 Å². The summed E-state index contributed by atoms with van der Waals surface area (Å²) in [6, 6.07) is 0.00374. The number of rotatable bonds is 4. The highest BCUT2D eigenvalue weighted by atomic mass is 16.2. The Balaban J connectivity index is 1.88. The van der Waals surface area contributed by atoms with Gasteiger partial charge in [-0.25, -0.2) is 4.79 Å². The van der Waals surface area contributed by atoms with E-state index < -0.39 is 0 Å². The van der Waals surface area contributed by atoms with Crippen LogP contribution in [0.5, 0.6) is 0 Å². The van der Waals surface area contributed by atoms with E-state index in [0.29, 0.717) is 44.4 Å². The number of carbonyl (C=O) groups is 3. The zero-order chi connectivity index (χ0) is 16.8. The summed E-state index contributed by atoms with van der Waals surface area (Å²) in [5, 5.41) is 5.59. The molecule has 2 N–H and O–H groups in total. The highest BCUT2D eigenvalue weighted by molar-refractivity contribution is 5.77. The quantitative estimate of drug-likeness (QED) is 0.786. The average Bonchev–Trinajstić information content (AvgIpc) is 2.66. The number of nitrogens with one attached hydrogen (secondary N) is 2. The number of carbonyl (C=O) groups excluding carboxylic acids is 3. The first-order valence-corrected chi connectivity index (χ1v) is 8.56. The van der Waals surface area contributed by atoms with Crippen LogP contribution in [-0.2, 0) is 9.59 Å². The first-order valence-electron chi connectivity index (χ1n) is 8.56. The Morgan fingerprint density at radius 2 is 1.91 bits per heavy atom. The molecule has 7 heteroatoms. The molecule has 0 spiro atoms. The molecule has 0 aliphatic carbocycles. The SMILES string of the molecule is CCNC(=O)N1CCC2CC(=O)N(CCNC(C)=O)CCC2C1. The second-order valence-corrected chi connectivity index (χ2v) is 6.45. The van der Waals surface area contributed by atoms with Crippen molar-refractivity contribution in [2.45, 2.75) is 33.1 Å². The molecule has 7 nitrogen and oxygen atoms in total. The van der Waals surface area contributed by atoms with Crippen molar-refractivity contribution in [3.05, 3.63) is 0 Å². The normalized spacial score (nSPS) is 24.7. The maximum atomic E-state index is 12.4. The van der Waals surface area contributed by atoms with Gasteiger partial charge in [-0.15, -0.1) is 0 Å². The minimum atomic E-state index is -0.0708. The summed E-state index contributed by atoms with van der Waals surface area (Å²) in [4.78, 5) is 39.0. The van der Waals surface area contributed by atoms with E-state index in [4.69, 9.17) is 0 Å². The zero-order valence-electron chi connectivity index (χ0n) is 14.1. The molecule has 2 rings (SSSR count). The standard InChI is InChI=1S/C16H28N4O3/c1-3-17-16(23)20-8-4-13-10-15(22)19(7-5-14(13)11-20)9-6-18-12(2)21/h13-14H,3-11H2,1-2H3,(H,17,23)(H,18,21). The molecule has 2 aliphatic rings. The number of nitrogens with zero attached hydrogens (tertiary/aromatic N) is 2. The van der Waals surface area contributed by atoms with Gasteiger partial charge in [0.05, 0.1) is 0 Å². The minimum Gasteiger partial charge on any atom is -0.355 e. The molecule has 0 radical (unpaired) electrons. The maximum absolute atomic E-state index is 12.4. The first kappa shape index (κ1) is 17.6. The lowest BCUT2D eigenvalue weighted by molar-refractivity contribution is -0.132. The van der Waals surface area contributed by atoms with Gasteiger partial charge in [-0.05, 0) is 31.6 Å². The van der Waals surface area contributed by atoms with Gasteiger partial charge >= 0.3 is 6.03 Å². The van der Waals surface area contributed by atoms with Crippen LogP contribution < -0.4 is 10.6 Å². The van der Waals surface area contributed by atoms with E-state index in [1.54, 1.807) is 0 Å². The number of hydrogen-bond donors (Lipinski definition) is 2. The predicted octanol–water partition coefficient (Wildman–Crippen LogP) is 0.413. The molecular weight excluding hydrogens is 296 g/mol. The van der Waals surface area contributed by atoms with Gasteiger partial charge in [0.15, 0.2) is 0 Å². The van der Waals surface area contributed by atoms with Gasteiger partial charge in [-0.3, -0.25) is 9.59 Å².